The monoisotopic (exact) mass is 670 g/mol. The molecule has 8 aromatic rings. The number of fused-ring (bicyclic) bond motifs is 3. The van der Waals surface area contributed by atoms with Crippen molar-refractivity contribution in [3.63, 3.8) is 0 Å². The molecule has 0 saturated heterocycles. The Morgan fingerprint density at radius 2 is 0.860 bits per heavy atom. The lowest BCUT2D eigenvalue weighted by Gasteiger charge is -2.21. The van der Waals surface area contributed by atoms with Crippen LogP contribution in [0.1, 0.15) is 21.4 Å². The quantitative estimate of drug-likeness (QED) is 0.135. The number of carbonyl (C=O) groups is 1. The van der Waals surface area contributed by atoms with E-state index in [1.807, 2.05) is 109 Å². The Morgan fingerprint density at radius 1 is 0.460 bits per heavy atom. The van der Waals surface area contributed by atoms with Gasteiger partial charge in [-0.05, 0) is 96.0 Å². The Morgan fingerprint density at radius 3 is 1.32 bits per heavy atom. The van der Waals surface area contributed by atoms with Crippen LogP contribution in [-0.4, -0.2) is 18.9 Å². The van der Waals surface area contributed by atoms with Crippen LogP contribution in [0.2, 0.25) is 0 Å². The van der Waals surface area contributed by atoms with E-state index in [0.717, 1.165) is 54.6 Å². The van der Waals surface area contributed by atoms with Crippen molar-refractivity contribution in [3.05, 3.63) is 181 Å². The van der Waals surface area contributed by atoms with Crippen molar-refractivity contribution >= 4 is 48.4 Å². The summed E-state index contributed by atoms with van der Waals surface area (Å²) >= 11 is 0. The van der Waals surface area contributed by atoms with E-state index >= 15 is 0 Å². The molecule has 242 valence electrons. The molecule has 6 heteroatoms. The number of esters is 1. The molecule has 0 saturated carbocycles. The highest BCUT2D eigenvalue weighted by Gasteiger charge is 2.32. The molecule has 1 N–H and O–H groups in total. The number of hydrogen-bond donors (Lipinski definition) is 1. The maximum atomic E-state index is 14.6. The lowest BCUT2D eigenvalue weighted by atomic mass is 9.86. The number of hydrogen-bond acceptors (Lipinski definition) is 4. The van der Waals surface area contributed by atoms with E-state index in [9.17, 15) is 17.8 Å². The number of ether oxygens (including phenoxy) is 1. The van der Waals surface area contributed by atoms with Crippen molar-refractivity contribution in [3.8, 4) is 33.4 Å². The van der Waals surface area contributed by atoms with Gasteiger partial charge in [0.1, 0.15) is 0 Å². The smallest absolute Gasteiger partial charge is 0.341 e. The van der Waals surface area contributed by atoms with Crippen molar-refractivity contribution in [1.82, 2.24) is 0 Å². The predicted octanol–water partition coefficient (Wildman–Crippen LogP) is 10.9. The van der Waals surface area contributed by atoms with E-state index < -0.39 is 21.5 Å². The van der Waals surface area contributed by atoms with Gasteiger partial charge in [-0.25, -0.2) is 4.79 Å². The van der Waals surface area contributed by atoms with Crippen LogP contribution in [0.25, 0.3) is 65.7 Å². The van der Waals surface area contributed by atoms with Crippen LogP contribution >= 0.6 is 0 Å². The molecular formula is C44H30O5S. The van der Waals surface area contributed by atoms with Gasteiger partial charge in [-0.15, -0.1) is 0 Å². The van der Waals surface area contributed by atoms with E-state index in [2.05, 4.69) is 30.3 Å². The van der Waals surface area contributed by atoms with Crippen LogP contribution < -0.4 is 0 Å². The highest BCUT2D eigenvalue weighted by atomic mass is 32.2. The molecule has 0 spiro atoms. The third-order valence-corrected chi connectivity index (χ3v) is 10.0. The summed E-state index contributed by atoms with van der Waals surface area (Å²) in [6.45, 7) is 0. The molecule has 0 bridgehead atoms. The minimum atomic E-state index is -4.85. The van der Waals surface area contributed by atoms with Crippen LogP contribution in [0, 0.1) is 0 Å². The second kappa shape index (κ2) is 12.7. The molecule has 0 radical (unpaired) electrons. The van der Waals surface area contributed by atoms with Gasteiger partial charge in [0.25, 0.3) is 5.44 Å². The summed E-state index contributed by atoms with van der Waals surface area (Å²) in [5, 5.41) is 6.22. The molecule has 5 nitrogen and oxygen atoms in total. The van der Waals surface area contributed by atoms with Gasteiger partial charge in [-0.3, -0.25) is 4.55 Å². The fraction of sp³-hybridized carbons (Fsp3) is 0.0227. The molecular weight excluding hydrogens is 641 g/mol. The molecule has 0 amide bonds. The van der Waals surface area contributed by atoms with Crippen molar-refractivity contribution in [2.45, 2.75) is 5.44 Å². The Bertz CT molecular complexity index is 2580. The first kappa shape index (κ1) is 31.2. The average Bonchev–Trinajstić information content (AvgIpc) is 3.15. The lowest BCUT2D eigenvalue weighted by molar-refractivity contribution is 0.0429. The van der Waals surface area contributed by atoms with Crippen LogP contribution in [-0.2, 0) is 14.9 Å². The van der Waals surface area contributed by atoms with Gasteiger partial charge in [0.05, 0.1) is 5.56 Å². The number of rotatable bonds is 7. The van der Waals surface area contributed by atoms with Crippen molar-refractivity contribution < 1.29 is 22.5 Å². The molecule has 0 aromatic heterocycles. The SMILES string of the molecule is O=C(OC(c1ccccc1)S(=O)(=O)O)c1c(-c2ccc3ccccc3c2)cc(-c2ccc3ccccc3c2)cc1-c1ccc2ccccc2c1. The number of benzene rings is 8. The zero-order valence-electron chi connectivity index (χ0n) is 26.7. The average molecular weight is 671 g/mol. The predicted molar refractivity (Wildman–Crippen MR) is 201 cm³/mol. The van der Waals surface area contributed by atoms with Gasteiger partial charge in [0.15, 0.2) is 0 Å². The summed E-state index contributed by atoms with van der Waals surface area (Å²) in [7, 11) is -4.85. The zero-order chi connectivity index (χ0) is 34.2. The van der Waals surface area contributed by atoms with Crippen LogP contribution in [0.5, 0.6) is 0 Å². The Balaban J connectivity index is 1.41. The van der Waals surface area contributed by atoms with Gasteiger partial charge < -0.3 is 4.74 Å². The molecule has 0 fully saturated rings. The molecule has 0 aliphatic carbocycles. The first-order valence-corrected chi connectivity index (χ1v) is 17.7. The van der Waals surface area contributed by atoms with Crippen LogP contribution in [0.3, 0.4) is 0 Å². The molecule has 1 unspecified atom stereocenters. The standard InChI is InChI=1S/C44H30O5S/c45-43(49-44(50(46,47)48)32-13-2-1-3-14-32)42-40(37-22-19-30-11-5-8-16-34(30)25-37)27-39(36-21-18-29-10-4-7-15-33(29)24-36)28-41(42)38-23-20-31-12-6-9-17-35(31)26-38/h1-28,44H,(H,46,47,48). The van der Waals surface area contributed by atoms with E-state index in [0.29, 0.717) is 11.1 Å². The summed E-state index contributed by atoms with van der Waals surface area (Å²) in [6, 6.07) is 54.2. The second-order valence-corrected chi connectivity index (χ2v) is 13.8. The maximum absolute atomic E-state index is 14.6. The third-order valence-electron chi connectivity index (χ3n) is 9.10. The first-order chi connectivity index (χ1) is 24.3. The summed E-state index contributed by atoms with van der Waals surface area (Å²) in [5.74, 6) is -0.882. The van der Waals surface area contributed by atoms with E-state index in [-0.39, 0.29) is 11.1 Å². The minimum Gasteiger partial charge on any atom is -0.435 e. The first-order valence-electron chi connectivity index (χ1n) is 16.2. The molecule has 1 atom stereocenters. The summed E-state index contributed by atoms with van der Waals surface area (Å²) in [4.78, 5) is 14.6. The highest BCUT2D eigenvalue weighted by Crippen LogP contribution is 2.41. The molecule has 8 rings (SSSR count). The second-order valence-electron chi connectivity index (χ2n) is 12.3. The Hall–Kier alpha value is -6.08. The van der Waals surface area contributed by atoms with Gasteiger partial charge >= 0.3 is 16.1 Å². The normalized spacial score (nSPS) is 12.3. The lowest BCUT2D eigenvalue weighted by Crippen LogP contribution is -2.20. The Labute approximate surface area is 289 Å². The largest absolute Gasteiger partial charge is 0.435 e. The molecule has 50 heavy (non-hydrogen) atoms. The summed E-state index contributed by atoms with van der Waals surface area (Å²) < 4.78 is 41.6. The number of carbonyl (C=O) groups excluding carboxylic acids is 1. The van der Waals surface area contributed by atoms with E-state index in [1.54, 1.807) is 18.2 Å². The van der Waals surface area contributed by atoms with Crippen molar-refractivity contribution in [1.29, 1.82) is 0 Å². The van der Waals surface area contributed by atoms with E-state index in [4.69, 9.17) is 4.74 Å². The maximum Gasteiger partial charge on any atom is 0.341 e. The van der Waals surface area contributed by atoms with Crippen molar-refractivity contribution in [2.24, 2.45) is 0 Å². The molecule has 0 aliphatic heterocycles. The Kier molecular flexibility index (Phi) is 7.96. The highest BCUT2D eigenvalue weighted by molar-refractivity contribution is 7.85. The van der Waals surface area contributed by atoms with Crippen LogP contribution in [0.15, 0.2) is 170 Å². The van der Waals surface area contributed by atoms with Crippen LogP contribution in [0.4, 0.5) is 0 Å². The summed E-state index contributed by atoms with van der Waals surface area (Å²) in [6.07, 6.45) is 0. The topological polar surface area (TPSA) is 80.7 Å². The fourth-order valence-electron chi connectivity index (χ4n) is 6.63. The van der Waals surface area contributed by atoms with Gasteiger partial charge in [-0.1, -0.05) is 140 Å². The van der Waals surface area contributed by atoms with Gasteiger partial charge in [-0.2, -0.15) is 8.42 Å². The molecule has 0 aliphatic rings. The van der Waals surface area contributed by atoms with Gasteiger partial charge in [0.2, 0.25) is 0 Å². The molecule has 0 heterocycles. The third kappa shape index (κ3) is 6.03. The van der Waals surface area contributed by atoms with Crippen molar-refractivity contribution in [2.75, 3.05) is 0 Å². The fourth-order valence-corrected chi connectivity index (χ4v) is 7.34. The van der Waals surface area contributed by atoms with E-state index in [1.165, 1.54) is 12.1 Å². The summed E-state index contributed by atoms with van der Waals surface area (Å²) in [5.41, 5.74) is 2.85. The minimum absolute atomic E-state index is 0.135. The molecule has 8 aromatic carbocycles. The van der Waals surface area contributed by atoms with Gasteiger partial charge in [0, 0.05) is 5.56 Å². The zero-order valence-corrected chi connectivity index (χ0v) is 27.5.